The van der Waals surface area contributed by atoms with Gasteiger partial charge in [0, 0.05) is 6.20 Å². The SMILES string of the molecule is Brc1cccc(Nc2ccncn2)n1. The predicted octanol–water partition coefficient (Wildman–Crippen LogP) is 2.38. The van der Waals surface area contributed by atoms with Crippen molar-refractivity contribution in [1.29, 1.82) is 0 Å². The zero-order chi connectivity index (χ0) is 9.80. The summed E-state index contributed by atoms with van der Waals surface area (Å²) in [5.41, 5.74) is 0. The van der Waals surface area contributed by atoms with E-state index >= 15 is 0 Å². The van der Waals surface area contributed by atoms with E-state index in [1.807, 2.05) is 18.2 Å². The van der Waals surface area contributed by atoms with Crippen molar-refractivity contribution in [2.45, 2.75) is 0 Å². The van der Waals surface area contributed by atoms with E-state index in [0.29, 0.717) is 0 Å². The summed E-state index contributed by atoms with van der Waals surface area (Å²) >= 11 is 3.29. The molecular weight excluding hydrogens is 244 g/mol. The maximum Gasteiger partial charge on any atom is 0.134 e. The monoisotopic (exact) mass is 250 g/mol. The van der Waals surface area contributed by atoms with Gasteiger partial charge in [-0.05, 0) is 34.1 Å². The second-order valence-corrected chi connectivity index (χ2v) is 3.38. The minimum atomic E-state index is 0.727. The topological polar surface area (TPSA) is 50.7 Å². The molecule has 0 aromatic carbocycles. The lowest BCUT2D eigenvalue weighted by Gasteiger charge is -2.03. The first-order valence-corrected chi connectivity index (χ1v) is 4.79. The van der Waals surface area contributed by atoms with Crippen molar-refractivity contribution in [3.8, 4) is 0 Å². The van der Waals surface area contributed by atoms with Crippen LogP contribution >= 0.6 is 15.9 Å². The first-order valence-electron chi connectivity index (χ1n) is 4.00. The molecule has 0 aliphatic heterocycles. The molecule has 0 unspecified atom stereocenters. The number of pyridine rings is 1. The number of nitrogens with zero attached hydrogens (tertiary/aromatic N) is 3. The Morgan fingerprint density at radius 2 is 2.07 bits per heavy atom. The minimum Gasteiger partial charge on any atom is -0.325 e. The Morgan fingerprint density at radius 1 is 1.14 bits per heavy atom. The molecular formula is C9H7BrN4. The molecule has 0 radical (unpaired) electrons. The van der Waals surface area contributed by atoms with Crippen LogP contribution < -0.4 is 5.32 Å². The maximum atomic E-state index is 4.21. The molecule has 0 atom stereocenters. The summed E-state index contributed by atoms with van der Waals surface area (Å²) in [7, 11) is 0. The molecule has 2 aromatic heterocycles. The van der Waals surface area contributed by atoms with Crippen LogP contribution in [0.1, 0.15) is 0 Å². The summed E-state index contributed by atoms with van der Waals surface area (Å²) in [6.45, 7) is 0. The molecule has 0 aliphatic carbocycles. The second-order valence-electron chi connectivity index (χ2n) is 2.57. The van der Waals surface area contributed by atoms with Crippen LogP contribution in [0, 0.1) is 0 Å². The Morgan fingerprint density at radius 3 is 2.79 bits per heavy atom. The lowest BCUT2D eigenvalue weighted by atomic mass is 10.4. The third kappa shape index (κ3) is 2.26. The molecule has 0 saturated heterocycles. The number of anilines is 2. The number of halogens is 1. The largest absolute Gasteiger partial charge is 0.325 e. The van der Waals surface area contributed by atoms with E-state index in [1.165, 1.54) is 6.33 Å². The van der Waals surface area contributed by atoms with E-state index in [2.05, 4.69) is 36.2 Å². The molecule has 14 heavy (non-hydrogen) atoms. The van der Waals surface area contributed by atoms with E-state index < -0.39 is 0 Å². The van der Waals surface area contributed by atoms with Gasteiger partial charge in [-0.15, -0.1) is 0 Å². The van der Waals surface area contributed by atoms with Crippen LogP contribution in [0.25, 0.3) is 0 Å². The van der Waals surface area contributed by atoms with Gasteiger partial charge < -0.3 is 5.32 Å². The standard InChI is InChI=1S/C9H7BrN4/c10-7-2-1-3-9(13-7)14-8-4-5-11-6-12-8/h1-6H,(H,11,12,13,14). The molecule has 0 bridgehead atoms. The first kappa shape index (κ1) is 9.08. The third-order valence-corrected chi connectivity index (χ3v) is 1.99. The lowest BCUT2D eigenvalue weighted by Crippen LogP contribution is -1.95. The van der Waals surface area contributed by atoms with Crippen molar-refractivity contribution in [3.63, 3.8) is 0 Å². The minimum absolute atomic E-state index is 0.727. The Balaban J connectivity index is 2.19. The quantitative estimate of drug-likeness (QED) is 0.832. The highest BCUT2D eigenvalue weighted by molar-refractivity contribution is 9.10. The first-order chi connectivity index (χ1) is 6.84. The molecule has 2 rings (SSSR count). The van der Waals surface area contributed by atoms with Crippen LogP contribution in [0.2, 0.25) is 0 Å². The maximum absolute atomic E-state index is 4.21. The molecule has 4 nitrogen and oxygen atoms in total. The molecule has 70 valence electrons. The Kier molecular flexibility index (Phi) is 2.69. The Labute approximate surface area is 89.6 Å². The van der Waals surface area contributed by atoms with E-state index in [1.54, 1.807) is 12.3 Å². The number of hydrogen-bond donors (Lipinski definition) is 1. The number of rotatable bonds is 2. The number of nitrogens with one attached hydrogen (secondary N) is 1. The number of aromatic nitrogens is 3. The van der Waals surface area contributed by atoms with Gasteiger partial charge in [-0.25, -0.2) is 15.0 Å². The van der Waals surface area contributed by atoms with Crippen molar-refractivity contribution in [2.24, 2.45) is 0 Å². The molecule has 2 heterocycles. The molecule has 2 aromatic rings. The van der Waals surface area contributed by atoms with Crippen molar-refractivity contribution < 1.29 is 0 Å². The van der Waals surface area contributed by atoms with Gasteiger partial charge in [0.1, 0.15) is 22.6 Å². The summed E-state index contributed by atoms with van der Waals surface area (Å²) in [6.07, 6.45) is 3.16. The highest BCUT2D eigenvalue weighted by Crippen LogP contribution is 2.13. The highest BCUT2D eigenvalue weighted by atomic mass is 79.9. The second kappa shape index (κ2) is 4.15. The number of hydrogen-bond acceptors (Lipinski definition) is 4. The van der Waals surface area contributed by atoms with Gasteiger partial charge in [-0.1, -0.05) is 6.07 Å². The Hall–Kier alpha value is -1.49. The van der Waals surface area contributed by atoms with Gasteiger partial charge in [0.25, 0.3) is 0 Å². The average molecular weight is 251 g/mol. The fraction of sp³-hybridized carbons (Fsp3) is 0. The summed E-state index contributed by atoms with van der Waals surface area (Å²) in [6, 6.07) is 7.42. The normalized spacial score (nSPS) is 9.79. The lowest BCUT2D eigenvalue weighted by molar-refractivity contribution is 1.15. The Bertz CT molecular complexity index is 418. The fourth-order valence-electron chi connectivity index (χ4n) is 0.974. The van der Waals surface area contributed by atoms with Crippen LogP contribution in [-0.2, 0) is 0 Å². The predicted molar refractivity (Wildman–Crippen MR) is 57.3 cm³/mol. The molecule has 0 spiro atoms. The fourth-order valence-corrected chi connectivity index (χ4v) is 1.32. The van der Waals surface area contributed by atoms with Crippen LogP contribution in [0.5, 0.6) is 0 Å². The van der Waals surface area contributed by atoms with E-state index in [0.717, 1.165) is 16.2 Å². The average Bonchev–Trinajstić information content (AvgIpc) is 2.19. The van der Waals surface area contributed by atoms with Crippen molar-refractivity contribution >= 4 is 27.6 Å². The summed E-state index contributed by atoms with van der Waals surface area (Å²) in [5, 5.41) is 3.05. The van der Waals surface area contributed by atoms with Crippen LogP contribution in [0.15, 0.2) is 41.4 Å². The van der Waals surface area contributed by atoms with E-state index in [-0.39, 0.29) is 0 Å². The van der Waals surface area contributed by atoms with Crippen LogP contribution in [0.3, 0.4) is 0 Å². The van der Waals surface area contributed by atoms with Gasteiger partial charge in [0.15, 0.2) is 0 Å². The molecule has 1 N–H and O–H groups in total. The molecule has 0 saturated carbocycles. The smallest absolute Gasteiger partial charge is 0.134 e. The summed E-state index contributed by atoms with van der Waals surface area (Å²) < 4.78 is 0.788. The van der Waals surface area contributed by atoms with Crippen molar-refractivity contribution in [3.05, 3.63) is 41.4 Å². The van der Waals surface area contributed by atoms with Gasteiger partial charge >= 0.3 is 0 Å². The molecule has 0 fully saturated rings. The van der Waals surface area contributed by atoms with Crippen molar-refractivity contribution in [1.82, 2.24) is 15.0 Å². The molecule has 0 aliphatic rings. The van der Waals surface area contributed by atoms with Gasteiger partial charge in [0.05, 0.1) is 0 Å². The molecule has 0 amide bonds. The van der Waals surface area contributed by atoms with Gasteiger partial charge in [0.2, 0.25) is 0 Å². The van der Waals surface area contributed by atoms with Crippen LogP contribution in [-0.4, -0.2) is 15.0 Å². The van der Waals surface area contributed by atoms with E-state index in [9.17, 15) is 0 Å². The van der Waals surface area contributed by atoms with Gasteiger partial charge in [-0.3, -0.25) is 0 Å². The zero-order valence-corrected chi connectivity index (χ0v) is 8.77. The third-order valence-electron chi connectivity index (χ3n) is 1.55. The van der Waals surface area contributed by atoms with Gasteiger partial charge in [-0.2, -0.15) is 0 Å². The molecule has 5 heteroatoms. The summed E-state index contributed by atoms with van der Waals surface area (Å²) in [4.78, 5) is 12.1. The van der Waals surface area contributed by atoms with Crippen molar-refractivity contribution in [2.75, 3.05) is 5.32 Å². The summed E-state index contributed by atoms with van der Waals surface area (Å²) in [5.74, 6) is 1.48. The van der Waals surface area contributed by atoms with Crippen LogP contribution in [0.4, 0.5) is 11.6 Å². The van der Waals surface area contributed by atoms with E-state index in [4.69, 9.17) is 0 Å². The zero-order valence-electron chi connectivity index (χ0n) is 7.18. The highest BCUT2D eigenvalue weighted by Gasteiger charge is 1.96.